The van der Waals surface area contributed by atoms with E-state index in [0.29, 0.717) is 12.4 Å². The first-order chi connectivity index (χ1) is 9.36. The number of esters is 2. The monoisotopic (exact) mass is 283 g/mol. The van der Waals surface area contributed by atoms with Gasteiger partial charge in [0.15, 0.2) is 0 Å². The lowest BCUT2D eigenvalue weighted by atomic mass is 10.3. The Morgan fingerprint density at radius 3 is 2.25 bits per heavy atom. The van der Waals surface area contributed by atoms with Crippen LogP contribution in [0.3, 0.4) is 0 Å². The van der Waals surface area contributed by atoms with E-state index in [2.05, 4.69) is 4.74 Å². The number of hydrogen-bond acceptors (Lipinski definition) is 6. The molecule has 0 aromatic heterocycles. The maximum atomic E-state index is 10.4. The van der Waals surface area contributed by atoms with Crippen molar-refractivity contribution in [3.63, 3.8) is 0 Å². The topological polar surface area (TPSA) is 95.7 Å². The van der Waals surface area contributed by atoms with Gasteiger partial charge < -0.3 is 9.47 Å². The van der Waals surface area contributed by atoms with Gasteiger partial charge in [-0.25, -0.2) is 0 Å². The SMILES string of the molecule is CC(=O)OC(C)=O.CCCOc1cccc([N+](=O)[O-])c1. The Labute approximate surface area is 116 Å². The Balaban J connectivity index is 0.000000441. The first-order valence-electron chi connectivity index (χ1n) is 5.93. The molecule has 0 fully saturated rings. The molecule has 0 aliphatic carbocycles. The maximum Gasteiger partial charge on any atom is 0.310 e. The number of nitrogens with zero attached hydrogens (tertiary/aromatic N) is 1. The Morgan fingerprint density at radius 1 is 1.25 bits per heavy atom. The number of ether oxygens (including phenoxy) is 2. The fourth-order valence-electron chi connectivity index (χ4n) is 1.11. The van der Waals surface area contributed by atoms with Crippen molar-refractivity contribution in [2.24, 2.45) is 0 Å². The molecule has 110 valence electrons. The van der Waals surface area contributed by atoms with Crippen LogP contribution in [0.15, 0.2) is 24.3 Å². The van der Waals surface area contributed by atoms with Crippen LogP contribution in [0, 0.1) is 10.1 Å². The molecule has 0 heterocycles. The highest BCUT2D eigenvalue weighted by Gasteiger charge is 2.05. The third-order valence-corrected chi connectivity index (χ3v) is 1.79. The van der Waals surface area contributed by atoms with E-state index in [1.165, 1.54) is 26.0 Å². The van der Waals surface area contributed by atoms with Gasteiger partial charge in [0.1, 0.15) is 5.75 Å². The fraction of sp³-hybridized carbons (Fsp3) is 0.385. The third kappa shape index (κ3) is 8.62. The molecule has 1 aromatic rings. The van der Waals surface area contributed by atoms with Gasteiger partial charge in [0.2, 0.25) is 0 Å². The summed E-state index contributed by atoms with van der Waals surface area (Å²) >= 11 is 0. The molecule has 0 amide bonds. The molecule has 0 radical (unpaired) electrons. The summed E-state index contributed by atoms with van der Waals surface area (Å²) in [5.41, 5.74) is 0.0635. The van der Waals surface area contributed by atoms with E-state index < -0.39 is 16.9 Å². The summed E-state index contributed by atoms with van der Waals surface area (Å²) in [7, 11) is 0. The van der Waals surface area contributed by atoms with Gasteiger partial charge in [-0.1, -0.05) is 13.0 Å². The molecule has 0 aliphatic rings. The number of carbonyl (C=O) groups excluding carboxylic acids is 2. The summed E-state index contributed by atoms with van der Waals surface area (Å²) in [4.78, 5) is 29.6. The summed E-state index contributed by atoms with van der Waals surface area (Å²) in [5, 5.41) is 10.4. The predicted octanol–water partition coefficient (Wildman–Crippen LogP) is 2.48. The molecule has 1 aromatic carbocycles. The van der Waals surface area contributed by atoms with Crippen molar-refractivity contribution in [3.8, 4) is 5.75 Å². The number of nitro groups is 1. The molecular weight excluding hydrogens is 266 g/mol. The predicted molar refractivity (Wildman–Crippen MR) is 71.3 cm³/mol. The molecule has 0 aliphatic heterocycles. The lowest BCUT2D eigenvalue weighted by Crippen LogP contribution is -2.03. The second kappa shape index (κ2) is 9.48. The lowest BCUT2D eigenvalue weighted by molar-refractivity contribution is -0.384. The second-order valence-electron chi connectivity index (χ2n) is 3.69. The number of carbonyl (C=O) groups is 2. The number of rotatable bonds is 4. The van der Waals surface area contributed by atoms with E-state index in [-0.39, 0.29) is 5.69 Å². The van der Waals surface area contributed by atoms with Crippen LogP contribution < -0.4 is 4.74 Å². The molecule has 20 heavy (non-hydrogen) atoms. The molecule has 0 atom stereocenters. The van der Waals surface area contributed by atoms with Crippen LogP contribution >= 0.6 is 0 Å². The van der Waals surface area contributed by atoms with Crippen LogP contribution in [-0.4, -0.2) is 23.5 Å². The van der Waals surface area contributed by atoms with Gasteiger partial charge in [-0.3, -0.25) is 19.7 Å². The highest BCUT2D eigenvalue weighted by Crippen LogP contribution is 2.18. The number of benzene rings is 1. The Morgan fingerprint density at radius 2 is 1.85 bits per heavy atom. The van der Waals surface area contributed by atoms with E-state index in [4.69, 9.17) is 4.74 Å². The minimum Gasteiger partial charge on any atom is -0.493 e. The van der Waals surface area contributed by atoms with E-state index in [9.17, 15) is 19.7 Å². The number of non-ortho nitro benzene ring substituents is 1. The molecule has 0 N–H and O–H groups in total. The van der Waals surface area contributed by atoms with Crippen LogP contribution in [0.5, 0.6) is 5.75 Å². The van der Waals surface area contributed by atoms with Gasteiger partial charge in [0.25, 0.3) is 5.69 Å². The van der Waals surface area contributed by atoms with E-state index in [0.717, 1.165) is 6.42 Å². The maximum absolute atomic E-state index is 10.4. The average Bonchev–Trinajstić information content (AvgIpc) is 2.35. The van der Waals surface area contributed by atoms with Crippen molar-refractivity contribution in [3.05, 3.63) is 34.4 Å². The highest BCUT2D eigenvalue weighted by atomic mass is 16.6. The normalized spacial score (nSPS) is 8.95. The number of nitro benzene ring substituents is 1. The van der Waals surface area contributed by atoms with Crippen LogP contribution in [0.25, 0.3) is 0 Å². The summed E-state index contributed by atoms with van der Waals surface area (Å²) in [6.45, 7) is 4.93. The zero-order valence-corrected chi connectivity index (χ0v) is 11.6. The van der Waals surface area contributed by atoms with Crippen molar-refractivity contribution in [2.75, 3.05) is 6.61 Å². The van der Waals surface area contributed by atoms with Gasteiger partial charge in [-0.2, -0.15) is 0 Å². The summed E-state index contributed by atoms with van der Waals surface area (Å²) < 4.78 is 9.21. The smallest absolute Gasteiger partial charge is 0.310 e. The van der Waals surface area contributed by atoms with Crippen LogP contribution in [0.2, 0.25) is 0 Å². The van der Waals surface area contributed by atoms with E-state index >= 15 is 0 Å². The van der Waals surface area contributed by atoms with Gasteiger partial charge in [-0.05, 0) is 12.5 Å². The van der Waals surface area contributed by atoms with Gasteiger partial charge in [0.05, 0.1) is 17.6 Å². The molecule has 7 heteroatoms. The minimum absolute atomic E-state index is 0.0635. The Kier molecular flexibility index (Phi) is 8.33. The van der Waals surface area contributed by atoms with Crippen molar-refractivity contribution in [1.82, 2.24) is 0 Å². The summed E-state index contributed by atoms with van der Waals surface area (Å²) in [6.07, 6.45) is 0.892. The van der Waals surface area contributed by atoms with Crippen molar-refractivity contribution >= 4 is 17.6 Å². The largest absolute Gasteiger partial charge is 0.493 e. The lowest BCUT2D eigenvalue weighted by Gasteiger charge is -2.02. The first-order valence-corrected chi connectivity index (χ1v) is 5.93. The fourth-order valence-corrected chi connectivity index (χ4v) is 1.11. The zero-order valence-electron chi connectivity index (χ0n) is 11.6. The van der Waals surface area contributed by atoms with Crippen LogP contribution in [0.1, 0.15) is 27.2 Å². The first kappa shape index (κ1) is 17.6. The average molecular weight is 283 g/mol. The highest BCUT2D eigenvalue weighted by molar-refractivity contribution is 5.82. The number of hydrogen-bond donors (Lipinski definition) is 0. The summed E-state index contributed by atoms with van der Waals surface area (Å²) in [5.74, 6) is -0.573. The molecule has 7 nitrogen and oxygen atoms in total. The second-order valence-corrected chi connectivity index (χ2v) is 3.69. The zero-order chi connectivity index (χ0) is 15.5. The van der Waals surface area contributed by atoms with Crippen molar-refractivity contribution < 1.29 is 24.0 Å². The van der Waals surface area contributed by atoms with Gasteiger partial charge in [-0.15, -0.1) is 0 Å². The molecular formula is C13H17NO6. The molecule has 0 saturated carbocycles. The molecule has 0 bridgehead atoms. The van der Waals surface area contributed by atoms with Crippen LogP contribution in [0.4, 0.5) is 5.69 Å². The Hall–Kier alpha value is -2.44. The molecule has 0 saturated heterocycles. The molecule has 1 rings (SSSR count). The van der Waals surface area contributed by atoms with Gasteiger partial charge >= 0.3 is 11.9 Å². The van der Waals surface area contributed by atoms with E-state index in [1.54, 1.807) is 12.1 Å². The molecule has 0 unspecified atom stereocenters. The van der Waals surface area contributed by atoms with Crippen LogP contribution in [-0.2, 0) is 14.3 Å². The van der Waals surface area contributed by atoms with Crippen molar-refractivity contribution in [1.29, 1.82) is 0 Å². The van der Waals surface area contributed by atoms with Gasteiger partial charge in [0, 0.05) is 19.9 Å². The summed E-state index contributed by atoms with van der Waals surface area (Å²) in [6, 6.07) is 6.19. The standard InChI is InChI=1S/C9H11NO3.C4H6O3/c1-2-6-13-9-5-3-4-8(7-9)10(11)12;1-3(5)7-4(2)6/h3-5,7H,2,6H2,1H3;1-2H3. The third-order valence-electron chi connectivity index (χ3n) is 1.79. The minimum atomic E-state index is -0.562. The quantitative estimate of drug-likeness (QED) is 0.364. The van der Waals surface area contributed by atoms with Crippen molar-refractivity contribution in [2.45, 2.75) is 27.2 Å². The Bertz CT molecular complexity index is 460. The van der Waals surface area contributed by atoms with E-state index in [1.807, 2.05) is 6.92 Å². The molecule has 0 spiro atoms.